The van der Waals surface area contributed by atoms with E-state index in [0.717, 1.165) is 46.7 Å². The summed E-state index contributed by atoms with van der Waals surface area (Å²) in [7, 11) is 0. The van der Waals surface area contributed by atoms with E-state index in [1.54, 1.807) is 90.1 Å². The first-order chi connectivity index (χ1) is 40.7. The Bertz CT molecular complexity index is 3040. The first-order valence-electron chi connectivity index (χ1n) is 28.2. The van der Waals surface area contributed by atoms with Gasteiger partial charge in [0.2, 0.25) is 0 Å². The Kier molecular flexibility index (Phi) is 44.4. The van der Waals surface area contributed by atoms with Crippen molar-refractivity contribution in [1.82, 2.24) is 10.6 Å². The zero-order chi connectivity index (χ0) is 67.7. The van der Waals surface area contributed by atoms with Gasteiger partial charge in [-0.1, -0.05) is 110 Å². The summed E-state index contributed by atoms with van der Waals surface area (Å²) in [5.74, 6) is 0. The Labute approximate surface area is 560 Å². The number of non-ortho nitro benzene ring substituents is 4. The smallest absolute Gasteiger partial charge is 0.407 e. The van der Waals surface area contributed by atoms with Crippen molar-refractivity contribution in [3.63, 3.8) is 0 Å². The molecule has 0 aromatic heterocycles. The maximum atomic E-state index is 11.7. The Hall–Kier alpha value is -8.37. The quantitative estimate of drug-likeness (QED) is 0.0227. The molecule has 5 aromatic rings. The fourth-order valence-corrected chi connectivity index (χ4v) is 6.94. The molecule has 92 heavy (non-hydrogen) atoms. The minimum absolute atomic E-state index is 0. The van der Waals surface area contributed by atoms with Crippen LogP contribution in [0, 0.1) is 70.5 Å². The van der Waals surface area contributed by atoms with Gasteiger partial charge in [-0.3, -0.25) is 40.5 Å². The van der Waals surface area contributed by atoms with Crippen LogP contribution in [0.3, 0.4) is 0 Å². The minimum Gasteiger partial charge on any atom is -0.444 e. The zero-order valence-electron chi connectivity index (χ0n) is 55.4. The number of rotatable bonds is 14. The predicted molar refractivity (Wildman–Crippen MR) is 360 cm³/mol. The molecule has 24 nitrogen and oxygen atoms in total. The van der Waals surface area contributed by atoms with Gasteiger partial charge in [0, 0.05) is 139 Å². The van der Waals surface area contributed by atoms with Crippen LogP contribution in [-0.2, 0) is 62.7 Å². The number of nitriles is 2. The second-order valence-corrected chi connectivity index (χ2v) is 24.2. The molecule has 26 heteroatoms. The predicted octanol–water partition coefficient (Wildman–Crippen LogP) is 13.9. The molecule has 1 aliphatic heterocycles. The van der Waals surface area contributed by atoms with Gasteiger partial charge in [-0.05, 0) is 115 Å². The number of anilines is 1. The van der Waals surface area contributed by atoms with Crippen molar-refractivity contribution in [2.45, 2.75) is 163 Å². The molecule has 1 aliphatic rings. The van der Waals surface area contributed by atoms with Gasteiger partial charge in [0.1, 0.15) is 11.2 Å². The fourth-order valence-electron chi connectivity index (χ4n) is 6.94. The van der Waals surface area contributed by atoms with E-state index in [1.165, 1.54) is 61.4 Å². The Balaban J connectivity index is -0.000000332. The maximum Gasteiger partial charge on any atom is 0.407 e. The summed E-state index contributed by atoms with van der Waals surface area (Å²) in [5.41, 5.74) is 14.6. The number of carbonyl (C=O) groups is 2. The molecular weight excluding hydrogens is 1270 g/mol. The van der Waals surface area contributed by atoms with Crippen molar-refractivity contribution >= 4 is 49.0 Å². The third-order valence-corrected chi connectivity index (χ3v) is 12.4. The van der Waals surface area contributed by atoms with Crippen molar-refractivity contribution in [1.29, 1.82) is 10.5 Å². The molecule has 5 aromatic carbocycles. The van der Waals surface area contributed by atoms with Crippen molar-refractivity contribution in [2.75, 3.05) is 45.2 Å². The molecule has 1 saturated heterocycles. The number of nitro benzene ring substituents is 4. The van der Waals surface area contributed by atoms with Gasteiger partial charge in [0.05, 0.1) is 43.7 Å². The second kappa shape index (κ2) is 44.2. The number of nitrogen functional groups attached to an aromatic ring is 1. The average molecular weight is 1370 g/mol. The summed E-state index contributed by atoms with van der Waals surface area (Å²) in [6.07, 6.45) is 1.98. The van der Waals surface area contributed by atoms with Crippen LogP contribution in [0.25, 0.3) is 0 Å². The topological polar surface area (TPSA) is 378 Å². The van der Waals surface area contributed by atoms with Crippen LogP contribution in [0.2, 0.25) is 0 Å². The number of nitrogens with zero attached hydrogens (tertiary/aromatic N) is 6. The Morgan fingerprint density at radius 1 is 0.554 bits per heavy atom. The molecule has 1 heterocycles. The van der Waals surface area contributed by atoms with E-state index in [0.29, 0.717) is 19.6 Å². The number of benzene rings is 5. The average Bonchev–Trinajstić information content (AvgIpc) is 1.53. The van der Waals surface area contributed by atoms with Gasteiger partial charge in [-0.15, -0.1) is 0 Å². The molecule has 7 N–H and O–H groups in total. The number of hydrogen-bond acceptors (Lipinski definition) is 18. The van der Waals surface area contributed by atoms with E-state index in [2.05, 4.69) is 30.6 Å². The van der Waals surface area contributed by atoms with Crippen molar-refractivity contribution in [2.24, 2.45) is 5.73 Å². The number of nitrogens with one attached hydrogen (secondary N) is 2. The first kappa shape index (κ1) is 92.4. The number of nitro groups is 4. The molecule has 0 unspecified atom stereocenters. The van der Waals surface area contributed by atoms with Gasteiger partial charge in [0.15, 0.2) is 0 Å². The molecular formula is C66H97BN10O14Pd-. The molecule has 509 valence electrons. The van der Waals surface area contributed by atoms with E-state index in [1.807, 2.05) is 78.8 Å². The number of aliphatic hydroxyl groups is 1. The van der Waals surface area contributed by atoms with Crippen LogP contribution in [0.4, 0.5) is 38.0 Å². The fraction of sp³-hybridized carbons (Fsp3) is 0.470. The van der Waals surface area contributed by atoms with Crippen LogP contribution in [-0.4, -0.2) is 96.1 Å². The number of alkyl carbamates (subject to hydrolysis) is 2. The molecule has 0 atom stereocenters. The summed E-state index contributed by atoms with van der Waals surface area (Å²) in [6.45, 7) is 31.9. The van der Waals surface area contributed by atoms with Gasteiger partial charge in [0.25, 0.3) is 22.7 Å². The molecule has 0 spiro atoms. The van der Waals surface area contributed by atoms with Crippen molar-refractivity contribution < 1.29 is 69.0 Å². The molecule has 0 aliphatic carbocycles. The van der Waals surface area contributed by atoms with Gasteiger partial charge < -0.3 is 48.8 Å². The number of ether oxygens (including phenoxy) is 3. The third-order valence-electron chi connectivity index (χ3n) is 12.4. The number of carbonyl (C=O) groups excluding carboxylic acids is 2. The molecule has 2 amide bonds. The van der Waals surface area contributed by atoms with E-state index in [4.69, 9.17) is 41.3 Å². The van der Waals surface area contributed by atoms with E-state index in [-0.39, 0.29) is 95.7 Å². The monoisotopic (exact) mass is 1370 g/mol. The van der Waals surface area contributed by atoms with Crippen LogP contribution in [0.1, 0.15) is 152 Å². The normalized spacial score (nSPS) is 11.2. The molecule has 1 fully saturated rings. The number of hydrogen-bond donors (Lipinski definition) is 5. The largest absolute Gasteiger partial charge is 0.444 e. The van der Waals surface area contributed by atoms with Crippen molar-refractivity contribution in [3.05, 3.63) is 197 Å². The number of amides is 2. The van der Waals surface area contributed by atoms with E-state index >= 15 is 0 Å². The Morgan fingerprint density at radius 3 is 1.07 bits per heavy atom. The van der Waals surface area contributed by atoms with Crippen LogP contribution >= 0.6 is 0 Å². The van der Waals surface area contributed by atoms with E-state index in [9.17, 15) is 50.0 Å². The Morgan fingerprint density at radius 2 is 0.826 bits per heavy atom. The summed E-state index contributed by atoms with van der Waals surface area (Å²) >= 11 is 0. The van der Waals surface area contributed by atoms with Gasteiger partial charge in [-0.25, -0.2) is 9.59 Å². The van der Waals surface area contributed by atoms with Crippen molar-refractivity contribution in [3.8, 4) is 12.1 Å². The van der Waals surface area contributed by atoms with Crippen LogP contribution < -0.4 is 22.1 Å². The summed E-state index contributed by atoms with van der Waals surface area (Å²) < 4.78 is 15.3. The molecule has 6 rings (SSSR count). The number of nitrogens with two attached hydrogens (primary N) is 2. The standard InChI is InChI=1S/C15H22N2O4.C15H24N2O2.C10H14N2O2.C10H10N2O2.C8H6N2O2.C4H8O.C2H6O.CH4.CH3.B.Pd/c1-14(2,3)21-13(18)16-10-15(4,5)11-6-8-12(9-7-11)17(19)20;1-14(2,3)19-13(18)17-10-15(4,5)11-6-8-12(16)9-7-11;2*1-10(2,7-11)8-3-5-9(6-4-8)12(13)14;9-6-5-7-1-3-8(4-2-7)10(11)12;1-2-4-5-3-1;1-2-3;;;;/h6-9H,10H2,1-5H3,(H,16,18);6-9H,10,16H2,1-5H3,(H,17,18);3-6H,7,11H2,1-2H3;3-6H,1-2H3;1-4H,5H2;1-4H2;3H,2H2,1H3;1H4;1H3;;/q;;;;;;;;-1;;. The number of aliphatic hydroxyl groups excluding tert-OH is 1. The van der Waals surface area contributed by atoms with E-state index < -0.39 is 48.5 Å². The zero-order valence-corrected chi connectivity index (χ0v) is 57.0. The minimum atomic E-state index is -0.602. The van der Waals surface area contributed by atoms with Crippen LogP contribution in [0.5, 0.6) is 0 Å². The van der Waals surface area contributed by atoms with Gasteiger partial charge in [-0.2, -0.15) is 10.5 Å². The maximum absolute atomic E-state index is 11.7. The summed E-state index contributed by atoms with van der Waals surface area (Å²) in [5, 5.41) is 71.9. The summed E-state index contributed by atoms with van der Waals surface area (Å²) in [4.78, 5) is 63.2. The van der Waals surface area contributed by atoms with Gasteiger partial charge >= 0.3 is 12.2 Å². The molecule has 3 radical (unpaired) electrons. The second-order valence-electron chi connectivity index (χ2n) is 24.2. The molecule has 0 bridgehead atoms. The van der Waals surface area contributed by atoms with Crippen LogP contribution in [0.15, 0.2) is 121 Å². The summed E-state index contributed by atoms with van der Waals surface area (Å²) in [6, 6.07) is 36.7. The third kappa shape index (κ3) is 38.4. The molecule has 0 saturated carbocycles. The SMILES string of the molecule is C.C1CCOC1.CC(C)(C#N)c1ccc([N+](=O)[O-])cc1.CC(C)(C)OC(=O)NCC(C)(C)c1ccc(N)cc1.CC(C)(C)OC(=O)NCC(C)(C)c1ccc([N+](=O)[O-])cc1.CC(C)(CN)c1ccc([N+](=O)[O-])cc1.CCO.N#CCc1ccc([N+](=O)[O-])cc1.[B].[CH3-].[Pd]. The first-order valence-corrected chi connectivity index (χ1v) is 28.2.